The zero-order chi connectivity index (χ0) is 18.9. The predicted molar refractivity (Wildman–Crippen MR) is 98.5 cm³/mol. The summed E-state index contributed by atoms with van der Waals surface area (Å²) in [7, 11) is 1.31. The normalized spacial score (nSPS) is 11.8. The van der Waals surface area contributed by atoms with E-state index in [2.05, 4.69) is 10.1 Å². The molecule has 0 aliphatic heterocycles. The Morgan fingerprint density at radius 1 is 1.19 bits per heavy atom. The number of nitrogens with one attached hydrogen (secondary N) is 1. The van der Waals surface area contributed by atoms with Crippen LogP contribution in [0.1, 0.15) is 27.7 Å². The molecule has 0 fully saturated rings. The highest BCUT2D eigenvalue weighted by Gasteiger charge is 2.16. The van der Waals surface area contributed by atoms with Gasteiger partial charge in [-0.1, -0.05) is 18.2 Å². The lowest BCUT2D eigenvalue weighted by Crippen LogP contribution is -2.34. The minimum absolute atomic E-state index is 0.359. The van der Waals surface area contributed by atoms with Gasteiger partial charge >= 0.3 is 11.9 Å². The van der Waals surface area contributed by atoms with E-state index >= 15 is 0 Å². The molecule has 0 unspecified atom stereocenters. The Morgan fingerprint density at radius 2 is 1.92 bits per heavy atom. The van der Waals surface area contributed by atoms with Crippen molar-refractivity contribution >= 4 is 35.3 Å². The van der Waals surface area contributed by atoms with E-state index in [0.29, 0.717) is 17.7 Å². The fourth-order valence-corrected chi connectivity index (χ4v) is 2.66. The van der Waals surface area contributed by atoms with Gasteiger partial charge in [-0.3, -0.25) is 4.79 Å². The van der Waals surface area contributed by atoms with Gasteiger partial charge in [0.05, 0.1) is 19.2 Å². The van der Waals surface area contributed by atoms with E-state index in [4.69, 9.17) is 4.74 Å². The minimum atomic E-state index is -0.895. The van der Waals surface area contributed by atoms with Crippen molar-refractivity contribution < 1.29 is 23.9 Å². The van der Waals surface area contributed by atoms with E-state index in [1.165, 1.54) is 31.4 Å². The molecule has 0 spiro atoms. The summed E-state index contributed by atoms with van der Waals surface area (Å²) in [5.41, 5.74) is 1.13. The number of methoxy groups -OCH3 is 1. The minimum Gasteiger partial charge on any atom is -0.465 e. The van der Waals surface area contributed by atoms with Crippen molar-refractivity contribution in [1.82, 2.24) is 5.32 Å². The van der Waals surface area contributed by atoms with Crippen molar-refractivity contribution in [2.75, 3.05) is 7.11 Å². The molecule has 0 saturated heterocycles. The zero-order valence-electron chi connectivity index (χ0n) is 14.4. The maximum absolute atomic E-state index is 11.9. The van der Waals surface area contributed by atoms with E-state index in [1.807, 2.05) is 17.5 Å². The fraction of sp³-hybridized carbons (Fsp3) is 0.211. The van der Waals surface area contributed by atoms with Gasteiger partial charge in [0.2, 0.25) is 0 Å². The van der Waals surface area contributed by atoms with Crippen molar-refractivity contribution in [2.45, 2.75) is 19.6 Å². The lowest BCUT2D eigenvalue weighted by Gasteiger charge is -2.11. The van der Waals surface area contributed by atoms with Crippen LogP contribution in [-0.4, -0.2) is 31.1 Å². The summed E-state index contributed by atoms with van der Waals surface area (Å²) in [6.07, 6.45) is 1.88. The van der Waals surface area contributed by atoms with Gasteiger partial charge in [0.1, 0.15) is 0 Å². The second-order valence-electron chi connectivity index (χ2n) is 5.32. The number of esters is 2. The third kappa shape index (κ3) is 5.86. The highest BCUT2D eigenvalue weighted by molar-refractivity contribution is 7.09. The topological polar surface area (TPSA) is 81.7 Å². The van der Waals surface area contributed by atoms with E-state index in [1.54, 1.807) is 30.3 Å². The number of ether oxygens (including phenoxy) is 2. The van der Waals surface area contributed by atoms with Gasteiger partial charge in [0, 0.05) is 11.0 Å². The summed E-state index contributed by atoms with van der Waals surface area (Å²) in [6, 6.07) is 10.4. The lowest BCUT2D eigenvalue weighted by atomic mass is 10.1. The lowest BCUT2D eigenvalue weighted by molar-refractivity contribution is -0.150. The highest BCUT2D eigenvalue weighted by atomic mass is 32.1. The smallest absolute Gasteiger partial charge is 0.337 e. The number of hydrogen-bond donors (Lipinski definition) is 1. The number of rotatable bonds is 7. The monoisotopic (exact) mass is 373 g/mol. The van der Waals surface area contributed by atoms with Gasteiger partial charge in [-0.05, 0) is 42.1 Å². The summed E-state index contributed by atoms with van der Waals surface area (Å²) in [5, 5.41) is 4.64. The number of amides is 1. The third-order valence-corrected chi connectivity index (χ3v) is 4.30. The largest absolute Gasteiger partial charge is 0.465 e. The Balaban J connectivity index is 1.81. The summed E-state index contributed by atoms with van der Waals surface area (Å²) < 4.78 is 9.69. The van der Waals surface area contributed by atoms with Crippen molar-refractivity contribution in [3.8, 4) is 0 Å². The van der Waals surface area contributed by atoms with Gasteiger partial charge < -0.3 is 14.8 Å². The van der Waals surface area contributed by atoms with Gasteiger partial charge in [-0.2, -0.15) is 0 Å². The first-order chi connectivity index (χ1) is 12.5. The molecule has 0 aliphatic rings. The quantitative estimate of drug-likeness (QED) is 0.596. The molecule has 7 heteroatoms. The van der Waals surface area contributed by atoms with Crippen LogP contribution in [0.3, 0.4) is 0 Å². The zero-order valence-corrected chi connectivity index (χ0v) is 15.2. The molecule has 26 heavy (non-hydrogen) atoms. The molecule has 1 heterocycles. The molecule has 0 aliphatic carbocycles. The van der Waals surface area contributed by atoms with Crippen LogP contribution in [0.2, 0.25) is 0 Å². The number of hydrogen-bond acceptors (Lipinski definition) is 6. The van der Waals surface area contributed by atoms with Crippen molar-refractivity contribution in [3.05, 3.63) is 63.9 Å². The second-order valence-corrected chi connectivity index (χ2v) is 6.36. The maximum Gasteiger partial charge on any atom is 0.337 e. The molecule has 0 bridgehead atoms. The molecule has 0 saturated carbocycles. The number of carbonyl (C=O) groups is 3. The Bertz CT molecular complexity index is 781. The van der Waals surface area contributed by atoms with Crippen LogP contribution in [0.4, 0.5) is 0 Å². The molecule has 1 N–H and O–H groups in total. The Kier molecular flexibility index (Phi) is 7.11. The third-order valence-electron chi connectivity index (χ3n) is 3.42. The van der Waals surface area contributed by atoms with Crippen molar-refractivity contribution in [3.63, 3.8) is 0 Å². The van der Waals surface area contributed by atoms with Crippen LogP contribution in [0.15, 0.2) is 47.9 Å². The number of carbonyl (C=O) groups excluding carboxylic acids is 3. The molecule has 0 radical (unpaired) electrons. The molecule has 1 amide bonds. The number of thiophene rings is 1. The fourth-order valence-electron chi connectivity index (χ4n) is 2.01. The van der Waals surface area contributed by atoms with E-state index in [0.717, 1.165) is 4.88 Å². The van der Waals surface area contributed by atoms with Crippen LogP contribution in [0.25, 0.3) is 6.08 Å². The first-order valence-electron chi connectivity index (χ1n) is 7.86. The van der Waals surface area contributed by atoms with E-state index in [9.17, 15) is 14.4 Å². The van der Waals surface area contributed by atoms with Gasteiger partial charge in [0.15, 0.2) is 6.10 Å². The number of benzene rings is 1. The highest BCUT2D eigenvalue weighted by Crippen LogP contribution is 2.09. The van der Waals surface area contributed by atoms with Crippen LogP contribution in [0, 0.1) is 0 Å². The molecular weight excluding hydrogens is 354 g/mol. The van der Waals surface area contributed by atoms with Crippen LogP contribution < -0.4 is 5.32 Å². The standard InChI is InChI=1S/C19H19NO5S/c1-13(18(22)20-12-16-4-3-11-26-16)25-17(21)10-7-14-5-8-15(9-6-14)19(23)24-2/h3-11,13H,12H2,1-2H3,(H,20,22)/b10-7+/t13-/m1/s1. The van der Waals surface area contributed by atoms with E-state index < -0.39 is 18.0 Å². The Morgan fingerprint density at radius 3 is 2.54 bits per heavy atom. The molecular formula is C19H19NO5S. The van der Waals surface area contributed by atoms with Crippen LogP contribution >= 0.6 is 11.3 Å². The molecule has 1 aromatic carbocycles. The first-order valence-corrected chi connectivity index (χ1v) is 8.74. The van der Waals surface area contributed by atoms with E-state index in [-0.39, 0.29) is 5.91 Å². The molecule has 2 aromatic rings. The molecule has 1 atom stereocenters. The van der Waals surface area contributed by atoms with Gasteiger partial charge in [0.25, 0.3) is 5.91 Å². The molecule has 1 aromatic heterocycles. The summed E-state index contributed by atoms with van der Waals surface area (Å²) in [6.45, 7) is 1.92. The van der Waals surface area contributed by atoms with Crippen LogP contribution in [0.5, 0.6) is 0 Å². The van der Waals surface area contributed by atoms with Gasteiger partial charge in [-0.25, -0.2) is 9.59 Å². The summed E-state index contributed by atoms with van der Waals surface area (Å²) >= 11 is 1.54. The average Bonchev–Trinajstić information content (AvgIpc) is 3.17. The molecule has 136 valence electrons. The summed E-state index contributed by atoms with van der Waals surface area (Å²) in [5.74, 6) is -1.41. The predicted octanol–water partition coefficient (Wildman–Crippen LogP) is 2.80. The average molecular weight is 373 g/mol. The molecule has 2 rings (SSSR count). The van der Waals surface area contributed by atoms with Gasteiger partial charge in [-0.15, -0.1) is 11.3 Å². The van der Waals surface area contributed by atoms with Crippen molar-refractivity contribution in [1.29, 1.82) is 0 Å². The second kappa shape index (κ2) is 9.53. The maximum atomic E-state index is 11.9. The molecule has 6 nitrogen and oxygen atoms in total. The van der Waals surface area contributed by atoms with Crippen LogP contribution in [-0.2, 0) is 25.6 Å². The summed E-state index contributed by atoms with van der Waals surface area (Å²) in [4.78, 5) is 36.1. The van der Waals surface area contributed by atoms with Crippen molar-refractivity contribution in [2.24, 2.45) is 0 Å². The first kappa shape index (κ1) is 19.4. The Labute approximate surface area is 155 Å². The Hall–Kier alpha value is -2.93. The SMILES string of the molecule is COC(=O)c1ccc(/C=C/C(=O)O[C@H](C)C(=O)NCc2cccs2)cc1.